The van der Waals surface area contributed by atoms with Crippen molar-refractivity contribution in [1.82, 2.24) is 0 Å². The lowest BCUT2D eigenvalue weighted by atomic mass is 10.1. The molecule has 2 rings (SSSR count). The van der Waals surface area contributed by atoms with Crippen LogP contribution in [0.25, 0.3) is 0 Å². The summed E-state index contributed by atoms with van der Waals surface area (Å²) < 4.78 is 24.7. The fourth-order valence-electron chi connectivity index (χ4n) is 2.02. The topological polar surface area (TPSA) is 66.5 Å². The van der Waals surface area contributed by atoms with E-state index in [1.807, 2.05) is 0 Å². The highest BCUT2D eigenvalue weighted by Crippen LogP contribution is 2.26. The Balaban J connectivity index is 2.25. The summed E-state index contributed by atoms with van der Waals surface area (Å²) in [6.07, 6.45) is 6.74. The van der Waals surface area contributed by atoms with Crippen molar-refractivity contribution in [2.45, 2.75) is 6.42 Å². The van der Waals surface area contributed by atoms with Crippen LogP contribution in [-0.2, 0) is 14.8 Å². The molecule has 1 aliphatic rings. The van der Waals surface area contributed by atoms with Crippen molar-refractivity contribution >= 4 is 27.3 Å². The van der Waals surface area contributed by atoms with Crippen LogP contribution in [0, 0.1) is 18.3 Å². The number of anilines is 2. The average Bonchev–Trinajstić information content (AvgIpc) is 2.69. The number of nitrogens with one attached hydrogen (secondary N) is 1. The summed E-state index contributed by atoms with van der Waals surface area (Å²) in [6.45, 7) is 0.470. The minimum atomic E-state index is -3.33. The van der Waals surface area contributed by atoms with Crippen LogP contribution in [0.15, 0.2) is 24.3 Å². The second kappa shape index (κ2) is 4.94. The van der Waals surface area contributed by atoms with E-state index in [9.17, 15) is 13.2 Å². The number of hydrogen-bond donors (Lipinski definition) is 1. The van der Waals surface area contributed by atoms with Crippen LogP contribution in [0.4, 0.5) is 11.4 Å². The molecule has 1 atom stereocenters. The monoisotopic (exact) mass is 278 g/mol. The van der Waals surface area contributed by atoms with Crippen molar-refractivity contribution < 1.29 is 13.2 Å². The van der Waals surface area contributed by atoms with Crippen molar-refractivity contribution in [3.8, 4) is 12.3 Å². The first kappa shape index (κ1) is 13.4. The molecule has 1 heterocycles. The molecule has 19 heavy (non-hydrogen) atoms. The first-order chi connectivity index (χ1) is 8.89. The van der Waals surface area contributed by atoms with Gasteiger partial charge in [0.05, 0.1) is 11.9 Å². The number of carbonyl (C=O) groups is 1. The second-order valence-corrected chi connectivity index (χ2v) is 6.25. The number of terminal acetylenes is 1. The molecule has 1 amide bonds. The van der Waals surface area contributed by atoms with Crippen molar-refractivity contribution in [2.75, 3.05) is 22.4 Å². The third-order valence-electron chi connectivity index (χ3n) is 2.82. The SMILES string of the molecule is C#CC1CC(=O)N(c2cccc(NS(C)(=O)=O)c2)C1. The van der Waals surface area contributed by atoms with Gasteiger partial charge in [-0.2, -0.15) is 0 Å². The van der Waals surface area contributed by atoms with Gasteiger partial charge < -0.3 is 4.90 Å². The number of carbonyl (C=O) groups excluding carboxylic acids is 1. The number of amides is 1. The molecule has 0 saturated carbocycles. The van der Waals surface area contributed by atoms with Crippen LogP contribution < -0.4 is 9.62 Å². The van der Waals surface area contributed by atoms with E-state index in [4.69, 9.17) is 6.42 Å². The van der Waals surface area contributed by atoms with Crippen molar-refractivity contribution in [3.63, 3.8) is 0 Å². The summed E-state index contributed by atoms with van der Waals surface area (Å²) >= 11 is 0. The van der Waals surface area contributed by atoms with E-state index in [0.717, 1.165) is 6.26 Å². The quantitative estimate of drug-likeness (QED) is 0.840. The Hall–Kier alpha value is -2.00. The zero-order chi connectivity index (χ0) is 14.0. The van der Waals surface area contributed by atoms with E-state index in [1.54, 1.807) is 29.2 Å². The average molecular weight is 278 g/mol. The highest BCUT2D eigenvalue weighted by Gasteiger charge is 2.29. The maximum absolute atomic E-state index is 11.8. The van der Waals surface area contributed by atoms with E-state index < -0.39 is 10.0 Å². The van der Waals surface area contributed by atoms with Gasteiger partial charge in [-0.05, 0) is 18.2 Å². The molecule has 1 aromatic carbocycles. The summed E-state index contributed by atoms with van der Waals surface area (Å²) in [6, 6.07) is 6.70. The smallest absolute Gasteiger partial charge is 0.229 e. The number of benzene rings is 1. The van der Waals surface area contributed by atoms with Crippen LogP contribution in [0.3, 0.4) is 0 Å². The van der Waals surface area contributed by atoms with Crippen molar-refractivity contribution in [1.29, 1.82) is 0 Å². The van der Waals surface area contributed by atoms with Gasteiger partial charge in [0.1, 0.15) is 0 Å². The first-order valence-electron chi connectivity index (χ1n) is 5.73. The molecule has 1 saturated heterocycles. The van der Waals surface area contributed by atoms with Gasteiger partial charge in [0, 0.05) is 24.6 Å². The van der Waals surface area contributed by atoms with Gasteiger partial charge >= 0.3 is 0 Å². The van der Waals surface area contributed by atoms with Crippen molar-refractivity contribution in [3.05, 3.63) is 24.3 Å². The molecule has 1 unspecified atom stereocenters. The second-order valence-electron chi connectivity index (χ2n) is 4.50. The normalized spacial score (nSPS) is 19.3. The molecular weight excluding hydrogens is 264 g/mol. The zero-order valence-corrected chi connectivity index (χ0v) is 11.3. The maximum atomic E-state index is 11.8. The number of hydrogen-bond acceptors (Lipinski definition) is 3. The lowest BCUT2D eigenvalue weighted by Gasteiger charge is -2.17. The summed E-state index contributed by atoms with van der Waals surface area (Å²) in [5.41, 5.74) is 1.08. The fourth-order valence-corrected chi connectivity index (χ4v) is 2.58. The molecule has 1 fully saturated rings. The summed E-state index contributed by atoms with van der Waals surface area (Å²) in [5.74, 6) is 2.45. The Kier molecular flexibility index (Phi) is 3.49. The number of sulfonamides is 1. The molecule has 1 aliphatic heterocycles. The van der Waals surface area contributed by atoms with Crippen LogP contribution in [0.1, 0.15) is 6.42 Å². The van der Waals surface area contributed by atoms with Crippen LogP contribution in [0.2, 0.25) is 0 Å². The summed E-state index contributed by atoms with van der Waals surface area (Å²) in [5, 5.41) is 0. The van der Waals surface area contributed by atoms with E-state index >= 15 is 0 Å². The fraction of sp³-hybridized carbons (Fsp3) is 0.308. The molecule has 100 valence electrons. The molecule has 0 radical (unpaired) electrons. The Morgan fingerprint density at radius 3 is 2.79 bits per heavy atom. The molecule has 0 bridgehead atoms. The molecule has 0 aromatic heterocycles. The molecule has 6 heteroatoms. The van der Waals surface area contributed by atoms with E-state index in [2.05, 4.69) is 10.6 Å². The number of nitrogens with zero attached hydrogens (tertiary/aromatic N) is 1. The molecule has 1 aromatic rings. The van der Waals surface area contributed by atoms with E-state index in [-0.39, 0.29) is 11.8 Å². The standard InChI is InChI=1S/C13H14N2O3S/c1-3-10-7-13(16)15(9-10)12-6-4-5-11(8-12)14-19(2,17)18/h1,4-6,8,10,14H,7,9H2,2H3. The zero-order valence-electron chi connectivity index (χ0n) is 10.5. The highest BCUT2D eigenvalue weighted by atomic mass is 32.2. The summed E-state index contributed by atoms with van der Waals surface area (Å²) in [4.78, 5) is 13.4. The Morgan fingerprint density at radius 2 is 2.21 bits per heavy atom. The molecule has 0 spiro atoms. The predicted octanol–water partition coefficient (Wildman–Crippen LogP) is 1.04. The molecular formula is C13H14N2O3S. The van der Waals surface area contributed by atoms with Crippen LogP contribution in [-0.4, -0.2) is 27.1 Å². The Bertz CT molecular complexity index is 646. The third kappa shape index (κ3) is 3.26. The first-order valence-corrected chi connectivity index (χ1v) is 7.62. The molecule has 5 nitrogen and oxygen atoms in total. The van der Waals surface area contributed by atoms with Crippen molar-refractivity contribution in [2.24, 2.45) is 5.92 Å². The van der Waals surface area contributed by atoms with E-state index in [1.165, 1.54) is 0 Å². The summed E-state index contributed by atoms with van der Waals surface area (Å²) in [7, 11) is -3.33. The van der Waals surface area contributed by atoms with Gasteiger partial charge in [-0.3, -0.25) is 9.52 Å². The largest absolute Gasteiger partial charge is 0.311 e. The van der Waals surface area contributed by atoms with Gasteiger partial charge in [0.25, 0.3) is 0 Å². The molecule has 0 aliphatic carbocycles. The van der Waals surface area contributed by atoms with Gasteiger partial charge in [-0.25, -0.2) is 8.42 Å². The Morgan fingerprint density at radius 1 is 1.47 bits per heavy atom. The minimum Gasteiger partial charge on any atom is -0.311 e. The van der Waals surface area contributed by atoms with Crippen LogP contribution >= 0.6 is 0 Å². The Labute approximate surface area is 112 Å². The lowest BCUT2D eigenvalue weighted by molar-refractivity contribution is -0.117. The van der Waals surface area contributed by atoms with Gasteiger partial charge in [0.2, 0.25) is 15.9 Å². The third-order valence-corrected chi connectivity index (χ3v) is 3.43. The highest BCUT2D eigenvalue weighted by molar-refractivity contribution is 7.92. The predicted molar refractivity (Wildman–Crippen MR) is 74.2 cm³/mol. The van der Waals surface area contributed by atoms with Crippen LogP contribution in [0.5, 0.6) is 0 Å². The maximum Gasteiger partial charge on any atom is 0.229 e. The minimum absolute atomic E-state index is 0.0422. The number of rotatable bonds is 3. The molecule has 1 N–H and O–H groups in total. The van der Waals surface area contributed by atoms with E-state index in [0.29, 0.717) is 24.3 Å². The lowest BCUT2D eigenvalue weighted by Crippen LogP contribution is -2.24. The van der Waals surface area contributed by atoms with Gasteiger partial charge in [-0.15, -0.1) is 12.3 Å². The van der Waals surface area contributed by atoms with Gasteiger partial charge in [-0.1, -0.05) is 6.07 Å². The van der Waals surface area contributed by atoms with Gasteiger partial charge in [0.15, 0.2) is 0 Å².